The van der Waals surface area contributed by atoms with Gasteiger partial charge in [-0.25, -0.2) is 19.6 Å². The number of methoxy groups -OCH3 is 2. The molecule has 14 heteroatoms. The maximum Gasteiger partial charge on any atom is 0.407 e. The van der Waals surface area contributed by atoms with Gasteiger partial charge in [-0.1, -0.05) is 81.5 Å². The van der Waals surface area contributed by atoms with E-state index in [2.05, 4.69) is 83.9 Å². The quantitative estimate of drug-likeness (QED) is 0.109. The molecule has 14 nitrogen and oxygen atoms in total. The van der Waals surface area contributed by atoms with Crippen molar-refractivity contribution in [2.45, 2.75) is 71.0 Å². The predicted octanol–water partition coefficient (Wildman–Crippen LogP) is 6.73. The van der Waals surface area contributed by atoms with E-state index in [9.17, 15) is 19.2 Å². The zero-order chi connectivity index (χ0) is 39.8. The fourth-order valence-electron chi connectivity index (χ4n) is 7.40. The minimum Gasteiger partial charge on any atom is -0.453 e. The average molecular weight is 765 g/mol. The van der Waals surface area contributed by atoms with Crippen LogP contribution in [0.25, 0.3) is 34.7 Å². The first-order chi connectivity index (χ1) is 27.0. The number of nitrogens with zero attached hydrogens (tertiary/aromatic N) is 4. The Balaban J connectivity index is 1.04. The standard InChI is InChI=1S/C42H52N8O6/c1-26(2)37(48-42(54)56-5)40(52)50-21-7-9-35(50)39-44-25-33(47-39)31-18-14-29(15-19-31)11-10-28-12-16-30(17-13-28)32-24-43-38(46-32)34-8-6-20-49(34)36(51)22-27(3)23-45-41(53)55-4/h10-19,24-27,34-35,37H,6-9,20-23H2,1-5H3,(H,43,46)(H,44,47)(H,45,53)(H,48,54). The van der Waals surface area contributed by atoms with Crippen LogP contribution >= 0.6 is 0 Å². The van der Waals surface area contributed by atoms with E-state index < -0.39 is 18.2 Å². The molecule has 0 saturated carbocycles. The number of aromatic amines is 2. The number of nitrogens with one attached hydrogen (secondary N) is 4. The number of H-pyrrole nitrogens is 2. The minimum atomic E-state index is -0.681. The van der Waals surface area contributed by atoms with Crippen molar-refractivity contribution < 1.29 is 28.7 Å². The summed E-state index contributed by atoms with van der Waals surface area (Å²) in [4.78, 5) is 69.9. The van der Waals surface area contributed by atoms with Crippen LogP contribution in [-0.2, 0) is 19.1 Å². The maximum atomic E-state index is 13.5. The second-order valence-corrected chi connectivity index (χ2v) is 14.9. The van der Waals surface area contributed by atoms with Crippen LogP contribution in [0, 0.1) is 11.8 Å². The first-order valence-electron chi connectivity index (χ1n) is 19.3. The molecule has 4 heterocycles. The topological polar surface area (TPSA) is 175 Å². The smallest absolute Gasteiger partial charge is 0.407 e. The molecule has 296 valence electrons. The number of alkyl carbamates (subject to hydrolysis) is 2. The van der Waals surface area contributed by atoms with Gasteiger partial charge in [0.25, 0.3) is 0 Å². The largest absolute Gasteiger partial charge is 0.453 e. The number of carbonyl (C=O) groups excluding carboxylic acids is 4. The van der Waals surface area contributed by atoms with E-state index in [1.165, 1.54) is 14.2 Å². The molecule has 2 aliphatic rings. The number of amides is 4. The summed E-state index contributed by atoms with van der Waals surface area (Å²) in [6.45, 7) is 7.40. The lowest BCUT2D eigenvalue weighted by atomic mass is 10.0. The van der Waals surface area contributed by atoms with Crippen LogP contribution in [-0.4, -0.2) is 93.6 Å². The summed E-state index contributed by atoms with van der Waals surface area (Å²) in [6, 6.07) is 15.5. The van der Waals surface area contributed by atoms with Gasteiger partial charge in [0.05, 0.1) is 50.1 Å². The third kappa shape index (κ3) is 9.47. The molecular formula is C42H52N8O6. The highest BCUT2D eigenvalue weighted by molar-refractivity contribution is 5.86. The first kappa shape index (κ1) is 39.8. The molecule has 2 aromatic heterocycles. The van der Waals surface area contributed by atoms with Crippen molar-refractivity contribution in [1.82, 2.24) is 40.4 Å². The van der Waals surface area contributed by atoms with E-state index in [1.807, 2.05) is 48.9 Å². The van der Waals surface area contributed by atoms with Gasteiger partial charge in [0.15, 0.2) is 0 Å². The Hall–Kier alpha value is -5.92. The third-order valence-corrected chi connectivity index (χ3v) is 10.5. The monoisotopic (exact) mass is 764 g/mol. The molecule has 2 aliphatic heterocycles. The predicted molar refractivity (Wildman–Crippen MR) is 213 cm³/mol. The third-order valence-electron chi connectivity index (χ3n) is 10.5. The second-order valence-electron chi connectivity index (χ2n) is 14.9. The van der Waals surface area contributed by atoms with Crippen LogP contribution in [0.5, 0.6) is 0 Å². The van der Waals surface area contributed by atoms with E-state index >= 15 is 0 Å². The number of hydrogen-bond acceptors (Lipinski definition) is 8. The molecule has 56 heavy (non-hydrogen) atoms. The Morgan fingerprint density at radius 3 is 1.77 bits per heavy atom. The van der Waals surface area contributed by atoms with Gasteiger partial charge in [0.1, 0.15) is 17.7 Å². The summed E-state index contributed by atoms with van der Waals surface area (Å²) >= 11 is 0. The van der Waals surface area contributed by atoms with E-state index in [0.29, 0.717) is 26.1 Å². The van der Waals surface area contributed by atoms with Gasteiger partial charge in [0.2, 0.25) is 11.8 Å². The Bertz CT molecular complexity index is 2000. The molecule has 4 unspecified atom stereocenters. The Kier molecular flexibility index (Phi) is 12.9. The van der Waals surface area contributed by atoms with E-state index in [1.54, 1.807) is 6.20 Å². The molecule has 2 aromatic carbocycles. The highest BCUT2D eigenvalue weighted by atomic mass is 16.5. The molecule has 2 saturated heterocycles. The number of hydrogen-bond donors (Lipinski definition) is 4. The molecule has 2 fully saturated rings. The number of likely N-dealkylation sites (tertiary alicyclic amines) is 2. The fraction of sp³-hybridized carbons (Fsp3) is 0.429. The van der Waals surface area contributed by atoms with Crippen LogP contribution in [0.2, 0.25) is 0 Å². The zero-order valence-electron chi connectivity index (χ0n) is 32.7. The number of carbonyl (C=O) groups is 4. The Morgan fingerprint density at radius 2 is 1.27 bits per heavy atom. The average Bonchev–Trinajstić information content (AvgIpc) is 4.05. The van der Waals surface area contributed by atoms with E-state index in [0.717, 1.165) is 71.0 Å². The van der Waals surface area contributed by atoms with Crippen LogP contribution < -0.4 is 10.6 Å². The van der Waals surface area contributed by atoms with Crippen molar-refractivity contribution in [3.8, 4) is 22.5 Å². The minimum absolute atomic E-state index is 0.0176. The first-order valence-corrected chi connectivity index (χ1v) is 19.3. The molecule has 0 radical (unpaired) electrons. The molecule has 0 bridgehead atoms. The van der Waals surface area contributed by atoms with E-state index in [-0.39, 0.29) is 35.7 Å². The van der Waals surface area contributed by atoms with Gasteiger partial charge in [-0.3, -0.25) is 9.59 Å². The van der Waals surface area contributed by atoms with Gasteiger partial charge in [-0.2, -0.15) is 0 Å². The van der Waals surface area contributed by atoms with Gasteiger partial charge in [0, 0.05) is 26.1 Å². The number of aromatic nitrogens is 4. The number of rotatable bonds is 13. The number of imidazole rings is 2. The molecule has 4 atom stereocenters. The SMILES string of the molecule is COC(=O)NCC(C)CC(=O)N1CCCC1c1ncc(-c2ccc(C=Cc3ccc(-c4cnc(C5CCCN5C(=O)C(NC(=O)OC)C(C)C)[nH]4)cc3)cc2)[nH]1. The lowest BCUT2D eigenvalue weighted by Gasteiger charge is -2.30. The van der Waals surface area contributed by atoms with Gasteiger partial charge >= 0.3 is 12.2 Å². The van der Waals surface area contributed by atoms with Gasteiger partial charge in [-0.05, 0) is 59.8 Å². The summed E-state index contributed by atoms with van der Waals surface area (Å²) < 4.78 is 9.38. The summed E-state index contributed by atoms with van der Waals surface area (Å²) in [5.74, 6) is 1.32. The second kappa shape index (κ2) is 18.1. The van der Waals surface area contributed by atoms with Crippen LogP contribution in [0.4, 0.5) is 9.59 Å². The highest BCUT2D eigenvalue weighted by Gasteiger charge is 2.37. The Morgan fingerprint density at radius 1 is 0.768 bits per heavy atom. The summed E-state index contributed by atoms with van der Waals surface area (Å²) in [5, 5.41) is 5.36. The number of benzene rings is 2. The Labute approximate surface area is 327 Å². The molecule has 6 rings (SSSR count). The molecule has 4 N–H and O–H groups in total. The highest BCUT2D eigenvalue weighted by Crippen LogP contribution is 2.34. The number of ether oxygens (including phenoxy) is 2. The maximum absolute atomic E-state index is 13.5. The summed E-state index contributed by atoms with van der Waals surface area (Å²) in [7, 11) is 2.61. The van der Waals surface area contributed by atoms with Crippen LogP contribution in [0.1, 0.15) is 87.7 Å². The molecule has 4 amide bonds. The van der Waals surface area contributed by atoms with Crippen molar-refractivity contribution in [3.63, 3.8) is 0 Å². The molecule has 4 aromatic rings. The van der Waals surface area contributed by atoms with Crippen molar-refractivity contribution in [2.75, 3.05) is 33.9 Å². The zero-order valence-corrected chi connectivity index (χ0v) is 32.7. The van der Waals surface area contributed by atoms with Crippen LogP contribution in [0.3, 0.4) is 0 Å². The van der Waals surface area contributed by atoms with Crippen molar-refractivity contribution in [1.29, 1.82) is 0 Å². The lowest BCUT2D eigenvalue weighted by Crippen LogP contribution is -2.51. The molecule has 0 aliphatic carbocycles. The summed E-state index contributed by atoms with van der Waals surface area (Å²) in [6.07, 6.45) is 10.4. The fourth-order valence-corrected chi connectivity index (χ4v) is 7.40. The van der Waals surface area contributed by atoms with Crippen molar-refractivity contribution in [2.24, 2.45) is 11.8 Å². The van der Waals surface area contributed by atoms with E-state index in [4.69, 9.17) is 4.74 Å². The lowest BCUT2D eigenvalue weighted by molar-refractivity contribution is -0.135. The van der Waals surface area contributed by atoms with Gasteiger partial charge in [-0.15, -0.1) is 0 Å². The molecule has 0 spiro atoms. The van der Waals surface area contributed by atoms with Crippen molar-refractivity contribution in [3.05, 3.63) is 83.7 Å². The van der Waals surface area contributed by atoms with Crippen LogP contribution in [0.15, 0.2) is 60.9 Å². The normalized spacial score (nSPS) is 18.0. The summed E-state index contributed by atoms with van der Waals surface area (Å²) in [5.41, 5.74) is 5.85. The van der Waals surface area contributed by atoms with Gasteiger partial charge < -0.3 is 39.9 Å². The molecular weight excluding hydrogens is 713 g/mol. The van der Waals surface area contributed by atoms with Crippen molar-refractivity contribution >= 4 is 36.2 Å².